The SMILES string of the molecule is Nc1nc2ccc(-c3ccc(NCCCN4C(=O)c5cccc6cccc(c56)C4=O)cc3)cc2o1. The minimum absolute atomic E-state index is 0.158. The number of aromatic nitrogens is 1. The number of carbonyl (C=O) groups excluding carboxylic acids is 2. The second-order valence-electron chi connectivity index (χ2n) is 8.56. The molecule has 0 atom stereocenters. The van der Waals surface area contributed by atoms with Crippen molar-refractivity contribution in [2.24, 2.45) is 0 Å². The van der Waals surface area contributed by atoms with Gasteiger partial charge in [-0.25, -0.2) is 0 Å². The summed E-state index contributed by atoms with van der Waals surface area (Å²) in [7, 11) is 0. The molecule has 172 valence electrons. The summed E-state index contributed by atoms with van der Waals surface area (Å²) in [5.41, 5.74) is 11.2. The van der Waals surface area contributed by atoms with E-state index in [1.54, 1.807) is 12.1 Å². The minimum Gasteiger partial charge on any atom is -0.424 e. The van der Waals surface area contributed by atoms with Crippen molar-refractivity contribution in [2.75, 3.05) is 24.1 Å². The van der Waals surface area contributed by atoms with Gasteiger partial charge in [-0.3, -0.25) is 14.5 Å². The quantitative estimate of drug-likeness (QED) is 0.261. The summed E-state index contributed by atoms with van der Waals surface area (Å²) in [5, 5.41) is 5.04. The Bertz CT molecular complexity index is 1550. The number of amides is 2. The van der Waals surface area contributed by atoms with Crippen molar-refractivity contribution in [3.8, 4) is 11.1 Å². The number of rotatable bonds is 6. The molecule has 1 aliphatic rings. The lowest BCUT2D eigenvalue weighted by atomic mass is 9.94. The molecule has 3 N–H and O–H groups in total. The highest BCUT2D eigenvalue weighted by atomic mass is 16.4. The van der Waals surface area contributed by atoms with Gasteiger partial charge < -0.3 is 15.5 Å². The van der Waals surface area contributed by atoms with E-state index in [9.17, 15) is 9.59 Å². The predicted octanol–water partition coefficient (Wildman–Crippen LogP) is 5.33. The zero-order chi connectivity index (χ0) is 23.9. The van der Waals surface area contributed by atoms with E-state index in [0.717, 1.165) is 33.1 Å². The number of hydrogen-bond donors (Lipinski definition) is 2. The van der Waals surface area contributed by atoms with Crippen molar-refractivity contribution in [3.63, 3.8) is 0 Å². The number of carbonyl (C=O) groups is 2. The number of anilines is 2. The van der Waals surface area contributed by atoms with Gasteiger partial charge in [-0.05, 0) is 59.3 Å². The Morgan fingerprint density at radius 1 is 0.857 bits per heavy atom. The summed E-state index contributed by atoms with van der Waals surface area (Å²) in [6.07, 6.45) is 0.640. The average Bonchev–Trinajstić information content (AvgIpc) is 3.26. The van der Waals surface area contributed by atoms with Crippen LogP contribution in [0.5, 0.6) is 0 Å². The van der Waals surface area contributed by atoms with Gasteiger partial charge in [0.25, 0.3) is 17.8 Å². The minimum atomic E-state index is -0.228. The monoisotopic (exact) mass is 462 g/mol. The van der Waals surface area contributed by atoms with E-state index in [1.807, 2.05) is 66.7 Å². The first-order valence-corrected chi connectivity index (χ1v) is 11.5. The number of nitrogens with one attached hydrogen (secondary N) is 1. The Morgan fingerprint density at radius 2 is 1.54 bits per heavy atom. The molecule has 4 aromatic carbocycles. The molecule has 0 radical (unpaired) electrons. The van der Waals surface area contributed by atoms with Crippen molar-refractivity contribution in [2.45, 2.75) is 6.42 Å². The van der Waals surface area contributed by atoms with E-state index >= 15 is 0 Å². The zero-order valence-electron chi connectivity index (χ0n) is 18.8. The van der Waals surface area contributed by atoms with Gasteiger partial charge in [0.2, 0.25) is 0 Å². The molecule has 5 aromatic rings. The van der Waals surface area contributed by atoms with Crippen LogP contribution in [0.2, 0.25) is 0 Å². The zero-order valence-corrected chi connectivity index (χ0v) is 18.8. The van der Waals surface area contributed by atoms with E-state index in [4.69, 9.17) is 10.2 Å². The Balaban J connectivity index is 1.09. The predicted molar refractivity (Wildman–Crippen MR) is 136 cm³/mol. The van der Waals surface area contributed by atoms with Crippen LogP contribution in [0, 0.1) is 0 Å². The second-order valence-corrected chi connectivity index (χ2v) is 8.56. The maximum absolute atomic E-state index is 13.0. The molecule has 2 amide bonds. The number of nitrogen functional groups attached to an aromatic ring is 1. The first kappa shape index (κ1) is 20.9. The van der Waals surface area contributed by atoms with Crippen LogP contribution < -0.4 is 11.1 Å². The van der Waals surface area contributed by atoms with Crippen molar-refractivity contribution in [3.05, 3.63) is 90.0 Å². The maximum Gasteiger partial charge on any atom is 0.292 e. The van der Waals surface area contributed by atoms with Crippen LogP contribution in [0.1, 0.15) is 27.1 Å². The fourth-order valence-electron chi connectivity index (χ4n) is 4.66. The van der Waals surface area contributed by atoms with Crippen LogP contribution >= 0.6 is 0 Å². The third-order valence-corrected chi connectivity index (χ3v) is 6.37. The van der Waals surface area contributed by atoms with Crippen LogP contribution in [0.4, 0.5) is 11.7 Å². The number of hydrogen-bond acceptors (Lipinski definition) is 6. The molecule has 0 saturated carbocycles. The van der Waals surface area contributed by atoms with Gasteiger partial charge in [0.15, 0.2) is 5.58 Å². The molecule has 0 unspecified atom stereocenters. The van der Waals surface area contributed by atoms with E-state index in [0.29, 0.717) is 36.2 Å². The fraction of sp³-hybridized carbons (Fsp3) is 0.107. The standard InChI is InChI=1S/C28H22N4O3/c29-28-31-23-13-10-19(16-24(23)35-28)17-8-11-20(12-9-17)30-14-3-15-32-26(33)21-6-1-4-18-5-2-7-22(25(18)21)27(32)34/h1-2,4-13,16,30H,3,14-15H2,(H2,29,31). The molecular weight excluding hydrogens is 440 g/mol. The Morgan fingerprint density at radius 3 is 2.26 bits per heavy atom. The molecule has 7 heteroatoms. The van der Waals surface area contributed by atoms with Gasteiger partial charge in [-0.15, -0.1) is 0 Å². The molecule has 0 bridgehead atoms. The van der Waals surface area contributed by atoms with E-state index < -0.39 is 0 Å². The van der Waals surface area contributed by atoms with E-state index in [1.165, 1.54) is 4.90 Å². The van der Waals surface area contributed by atoms with E-state index in [-0.39, 0.29) is 17.8 Å². The summed E-state index contributed by atoms with van der Waals surface area (Å²) < 4.78 is 5.42. The van der Waals surface area contributed by atoms with Gasteiger partial charge >= 0.3 is 0 Å². The Labute approximate surface area is 201 Å². The number of fused-ring (bicyclic) bond motifs is 1. The van der Waals surface area contributed by atoms with Gasteiger partial charge in [0, 0.05) is 35.3 Å². The lowest BCUT2D eigenvalue weighted by Gasteiger charge is -2.27. The first-order chi connectivity index (χ1) is 17.1. The molecule has 6 rings (SSSR count). The van der Waals surface area contributed by atoms with Crippen molar-refractivity contribution in [1.29, 1.82) is 0 Å². The Hall–Kier alpha value is -4.65. The lowest BCUT2D eigenvalue weighted by molar-refractivity contribution is 0.0610. The summed E-state index contributed by atoms with van der Waals surface area (Å²) in [6.45, 7) is 0.985. The van der Waals surface area contributed by atoms with Crippen molar-refractivity contribution < 1.29 is 14.0 Å². The highest BCUT2D eigenvalue weighted by Gasteiger charge is 2.32. The summed E-state index contributed by atoms with van der Waals surface area (Å²) in [6, 6.07) is 25.2. The van der Waals surface area contributed by atoms with E-state index in [2.05, 4.69) is 10.3 Å². The maximum atomic E-state index is 13.0. The highest BCUT2D eigenvalue weighted by Crippen LogP contribution is 2.30. The smallest absolute Gasteiger partial charge is 0.292 e. The fourth-order valence-corrected chi connectivity index (χ4v) is 4.66. The number of benzene rings is 4. The van der Waals surface area contributed by atoms with Gasteiger partial charge in [0.1, 0.15) is 5.52 Å². The third-order valence-electron chi connectivity index (χ3n) is 6.37. The highest BCUT2D eigenvalue weighted by molar-refractivity contribution is 6.25. The molecule has 1 aliphatic heterocycles. The third kappa shape index (κ3) is 3.67. The van der Waals surface area contributed by atoms with Crippen LogP contribution in [0.3, 0.4) is 0 Å². The molecule has 35 heavy (non-hydrogen) atoms. The average molecular weight is 463 g/mol. The van der Waals surface area contributed by atoms with Gasteiger partial charge in [0.05, 0.1) is 0 Å². The van der Waals surface area contributed by atoms with Crippen LogP contribution in [-0.2, 0) is 0 Å². The summed E-state index contributed by atoms with van der Waals surface area (Å²) in [5.74, 6) is -0.455. The van der Waals surface area contributed by atoms with Crippen LogP contribution in [-0.4, -0.2) is 34.8 Å². The topological polar surface area (TPSA) is 101 Å². The molecular formula is C28H22N4O3. The largest absolute Gasteiger partial charge is 0.424 e. The van der Waals surface area contributed by atoms with Crippen LogP contribution in [0.25, 0.3) is 33.0 Å². The molecule has 0 aliphatic carbocycles. The first-order valence-electron chi connectivity index (χ1n) is 11.5. The summed E-state index contributed by atoms with van der Waals surface area (Å²) >= 11 is 0. The molecule has 2 heterocycles. The number of nitrogens with two attached hydrogens (primary N) is 1. The number of oxazole rings is 1. The molecule has 7 nitrogen and oxygen atoms in total. The number of nitrogens with zero attached hydrogens (tertiary/aromatic N) is 2. The lowest BCUT2D eigenvalue weighted by Crippen LogP contribution is -2.41. The molecule has 0 saturated heterocycles. The molecule has 0 spiro atoms. The molecule has 0 fully saturated rings. The molecule has 1 aromatic heterocycles. The van der Waals surface area contributed by atoms with Crippen molar-refractivity contribution in [1.82, 2.24) is 9.88 Å². The van der Waals surface area contributed by atoms with Crippen LogP contribution in [0.15, 0.2) is 83.3 Å². The van der Waals surface area contributed by atoms with Crippen molar-refractivity contribution >= 4 is 45.4 Å². The van der Waals surface area contributed by atoms with Gasteiger partial charge in [-0.1, -0.05) is 42.5 Å². The summed E-state index contributed by atoms with van der Waals surface area (Å²) in [4.78, 5) is 31.5. The van der Waals surface area contributed by atoms with Gasteiger partial charge in [-0.2, -0.15) is 4.98 Å². The second kappa shape index (κ2) is 8.29. The Kier molecular flexibility index (Phi) is 4.95. The number of imide groups is 1. The normalized spacial score (nSPS) is 13.1.